The molecule has 114 valence electrons. The van der Waals surface area contributed by atoms with Gasteiger partial charge in [-0.15, -0.1) is 0 Å². The monoisotopic (exact) mass is 303 g/mol. The predicted octanol–water partition coefficient (Wildman–Crippen LogP) is 4.33. The van der Waals surface area contributed by atoms with Crippen LogP contribution in [0.1, 0.15) is 34.5 Å². The second-order valence-electron chi connectivity index (χ2n) is 5.84. The quantitative estimate of drug-likeness (QED) is 0.723. The van der Waals surface area contributed by atoms with Crippen molar-refractivity contribution in [2.75, 3.05) is 0 Å². The van der Waals surface area contributed by atoms with Crippen LogP contribution in [0.4, 0.5) is 0 Å². The standard InChI is InChI=1S/C20H17NO2/c22-18-12-6-10-16-19(18)21-17-11-5-4-9-15(17)20(16)23-13-14-7-2-1-3-8-14/h1-5,7-9,11H,6,10,12-13H2. The van der Waals surface area contributed by atoms with Crippen molar-refractivity contribution in [1.29, 1.82) is 0 Å². The largest absolute Gasteiger partial charge is 0.488 e. The fourth-order valence-corrected chi connectivity index (χ4v) is 3.12. The molecule has 3 aromatic rings. The number of aromatic nitrogens is 1. The van der Waals surface area contributed by atoms with Crippen molar-refractivity contribution in [2.45, 2.75) is 25.9 Å². The third-order valence-corrected chi connectivity index (χ3v) is 4.26. The molecule has 0 atom stereocenters. The van der Waals surface area contributed by atoms with Crippen LogP contribution in [-0.2, 0) is 13.0 Å². The van der Waals surface area contributed by atoms with Gasteiger partial charge in [0.2, 0.25) is 0 Å². The summed E-state index contributed by atoms with van der Waals surface area (Å²) in [7, 11) is 0. The first-order valence-electron chi connectivity index (χ1n) is 7.94. The lowest BCUT2D eigenvalue weighted by Gasteiger charge is -2.20. The first-order chi connectivity index (χ1) is 11.3. The summed E-state index contributed by atoms with van der Waals surface area (Å²) in [5.74, 6) is 0.948. The molecule has 1 aliphatic rings. The maximum absolute atomic E-state index is 12.2. The molecule has 0 spiro atoms. The molecule has 1 aliphatic carbocycles. The predicted molar refractivity (Wildman–Crippen MR) is 89.8 cm³/mol. The van der Waals surface area contributed by atoms with Gasteiger partial charge in [0.05, 0.1) is 5.52 Å². The number of nitrogens with zero attached hydrogens (tertiary/aromatic N) is 1. The molecule has 0 aliphatic heterocycles. The summed E-state index contributed by atoms with van der Waals surface area (Å²) in [6.07, 6.45) is 2.30. The van der Waals surface area contributed by atoms with Gasteiger partial charge in [0.15, 0.2) is 5.78 Å². The Kier molecular flexibility index (Phi) is 3.54. The Morgan fingerprint density at radius 3 is 2.61 bits per heavy atom. The second-order valence-corrected chi connectivity index (χ2v) is 5.84. The molecule has 0 bridgehead atoms. The van der Waals surface area contributed by atoms with Crippen molar-refractivity contribution >= 4 is 16.7 Å². The van der Waals surface area contributed by atoms with Crippen molar-refractivity contribution in [3.05, 3.63) is 71.4 Å². The Morgan fingerprint density at radius 1 is 0.957 bits per heavy atom. The van der Waals surface area contributed by atoms with Gasteiger partial charge in [-0.25, -0.2) is 4.98 Å². The van der Waals surface area contributed by atoms with Crippen LogP contribution in [-0.4, -0.2) is 10.8 Å². The summed E-state index contributed by atoms with van der Waals surface area (Å²) in [5.41, 5.74) is 3.50. The van der Waals surface area contributed by atoms with E-state index in [0.29, 0.717) is 18.7 Å². The highest BCUT2D eigenvalue weighted by molar-refractivity contribution is 6.01. The topological polar surface area (TPSA) is 39.2 Å². The number of carbonyl (C=O) groups is 1. The maximum atomic E-state index is 12.2. The third-order valence-electron chi connectivity index (χ3n) is 4.26. The summed E-state index contributed by atoms with van der Waals surface area (Å²) in [6.45, 7) is 0.496. The molecule has 2 aromatic carbocycles. The van der Waals surface area contributed by atoms with Crippen molar-refractivity contribution < 1.29 is 9.53 Å². The summed E-state index contributed by atoms with van der Waals surface area (Å²) < 4.78 is 6.16. The molecule has 3 heteroatoms. The van der Waals surface area contributed by atoms with E-state index in [1.807, 2.05) is 54.6 Å². The summed E-state index contributed by atoms with van der Waals surface area (Å²) in [4.78, 5) is 16.8. The van der Waals surface area contributed by atoms with Gasteiger partial charge < -0.3 is 4.74 Å². The van der Waals surface area contributed by atoms with Gasteiger partial charge in [0.1, 0.15) is 18.1 Å². The average molecular weight is 303 g/mol. The smallest absolute Gasteiger partial charge is 0.181 e. The number of hydrogen-bond acceptors (Lipinski definition) is 3. The van der Waals surface area contributed by atoms with Crippen LogP contribution >= 0.6 is 0 Å². The van der Waals surface area contributed by atoms with E-state index >= 15 is 0 Å². The zero-order chi connectivity index (χ0) is 15.6. The van der Waals surface area contributed by atoms with Crippen molar-refractivity contribution in [3.8, 4) is 5.75 Å². The molecule has 0 amide bonds. The zero-order valence-electron chi connectivity index (χ0n) is 12.8. The van der Waals surface area contributed by atoms with Crippen LogP contribution in [0.3, 0.4) is 0 Å². The highest BCUT2D eigenvalue weighted by Gasteiger charge is 2.24. The number of rotatable bonds is 3. The minimum absolute atomic E-state index is 0.126. The summed E-state index contributed by atoms with van der Waals surface area (Å²) in [5, 5.41) is 0.983. The summed E-state index contributed by atoms with van der Waals surface area (Å²) >= 11 is 0. The number of fused-ring (bicyclic) bond motifs is 2. The van der Waals surface area contributed by atoms with Crippen LogP contribution in [0.5, 0.6) is 5.75 Å². The minimum atomic E-state index is 0.126. The number of ketones is 1. The van der Waals surface area contributed by atoms with Crippen LogP contribution in [0.25, 0.3) is 10.9 Å². The summed E-state index contributed by atoms with van der Waals surface area (Å²) in [6, 6.07) is 18.0. The first kappa shape index (κ1) is 13.9. The van der Waals surface area contributed by atoms with Crippen LogP contribution < -0.4 is 4.74 Å². The third kappa shape index (κ3) is 2.59. The molecule has 0 fully saturated rings. The average Bonchev–Trinajstić information content (AvgIpc) is 2.60. The van der Waals surface area contributed by atoms with Gasteiger partial charge in [0.25, 0.3) is 0 Å². The van der Waals surface area contributed by atoms with Gasteiger partial charge in [-0.3, -0.25) is 4.79 Å². The molecular formula is C20H17NO2. The van der Waals surface area contributed by atoms with Crippen molar-refractivity contribution in [1.82, 2.24) is 4.98 Å². The number of para-hydroxylation sites is 1. The lowest BCUT2D eigenvalue weighted by atomic mass is 9.92. The molecule has 0 N–H and O–H groups in total. The maximum Gasteiger partial charge on any atom is 0.181 e. The SMILES string of the molecule is O=C1CCCc2c1nc1ccccc1c2OCc1ccccc1. The second kappa shape index (κ2) is 5.84. The molecular weight excluding hydrogens is 286 g/mol. The normalized spacial score (nSPS) is 13.8. The Balaban J connectivity index is 1.81. The fourth-order valence-electron chi connectivity index (χ4n) is 3.12. The number of carbonyl (C=O) groups excluding carboxylic acids is 1. The highest BCUT2D eigenvalue weighted by atomic mass is 16.5. The number of hydrogen-bond donors (Lipinski definition) is 0. The van der Waals surface area contributed by atoms with Crippen LogP contribution in [0.2, 0.25) is 0 Å². The first-order valence-corrected chi connectivity index (χ1v) is 7.94. The molecule has 0 saturated heterocycles. The molecule has 3 nitrogen and oxygen atoms in total. The van der Waals surface area contributed by atoms with Gasteiger partial charge in [-0.2, -0.15) is 0 Å². The minimum Gasteiger partial charge on any atom is -0.488 e. The molecule has 0 radical (unpaired) electrons. The number of pyridine rings is 1. The Labute approximate surface area is 134 Å². The number of benzene rings is 2. The van der Waals surface area contributed by atoms with Gasteiger partial charge >= 0.3 is 0 Å². The Morgan fingerprint density at radius 2 is 1.74 bits per heavy atom. The van der Waals surface area contributed by atoms with E-state index in [9.17, 15) is 4.79 Å². The number of ether oxygens (including phenoxy) is 1. The number of Topliss-reactive ketones (excluding diaryl/α,β-unsaturated/α-hetero) is 1. The molecule has 4 rings (SSSR count). The molecule has 1 heterocycles. The van der Waals surface area contributed by atoms with Gasteiger partial charge in [-0.05, 0) is 30.5 Å². The van der Waals surface area contributed by atoms with E-state index in [4.69, 9.17) is 4.74 Å². The molecule has 1 aromatic heterocycles. The van der Waals surface area contributed by atoms with Gasteiger partial charge in [-0.1, -0.05) is 42.5 Å². The van der Waals surface area contributed by atoms with Gasteiger partial charge in [0, 0.05) is 17.4 Å². The highest BCUT2D eigenvalue weighted by Crippen LogP contribution is 2.35. The van der Waals surface area contributed by atoms with E-state index < -0.39 is 0 Å². The lowest BCUT2D eigenvalue weighted by molar-refractivity contribution is 0.0966. The fraction of sp³-hybridized carbons (Fsp3) is 0.200. The Hall–Kier alpha value is -2.68. The van der Waals surface area contributed by atoms with E-state index in [0.717, 1.165) is 40.6 Å². The van der Waals surface area contributed by atoms with E-state index in [1.165, 1.54) is 0 Å². The molecule has 0 saturated carbocycles. The molecule has 0 unspecified atom stereocenters. The molecule has 23 heavy (non-hydrogen) atoms. The Bertz CT molecular complexity index is 871. The van der Waals surface area contributed by atoms with E-state index in [2.05, 4.69) is 4.98 Å². The zero-order valence-corrected chi connectivity index (χ0v) is 12.8. The van der Waals surface area contributed by atoms with Crippen molar-refractivity contribution in [3.63, 3.8) is 0 Å². The van der Waals surface area contributed by atoms with E-state index in [1.54, 1.807) is 0 Å². The van der Waals surface area contributed by atoms with Crippen molar-refractivity contribution in [2.24, 2.45) is 0 Å². The lowest BCUT2D eigenvalue weighted by Crippen LogP contribution is -2.15. The van der Waals surface area contributed by atoms with E-state index in [-0.39, 0.29) is 5.78 Å². The van der Waals surface area contributed by atoms with Crippen LogP contribution in [0.15, 0.2) is 54.6 Å². The van der Waals surface area contributed by atoms with Crippen LogP contribution in [0, 0.1) is 0 Å².